The Morgan fingerprint density at radius 2 is 1.12 bits per heavy atom. The number of rotatable bonds is 9. The minimum atomic E-state index is -0.504. The fourth-order valence-electron chi connectivity index (χ4n) is 7.25. The smallest absolute Gasteiger partial charge is 0.0988 e. The van der Waals surface area contributed by atoms with Gasteiger partial charge in [-0.25, -0.2) is 0 Å². The number of nitriles is 2. The molecular formula is C48H35N3. The second kappa shape index (κ2) is 13.9. The number of nitrogens with zero attached hydrogens (tertiary/aromatic N) is 2. The number of hydrogen-bond acceptors (Lipinski definition) is 3. The van der Waals surface area contributed by atoms with E-state index in [9.17, 15) is 5.26 Å². The summed E-state index contributed by atoms with van der Waals surface area (Å²) in [6.45, 7) is 7.45. The highest BCUT2D eigenvalue weighted by molar-refractivity contribution is 5.91. The first kappa shape index (κ1) is 32.6. The quantitative estimate of drug-likeness (QED) is 0.124. The molecule has 1 aliphatic carbocycles. The largest absolute Gasteiger partial charge is 0.398 e. The Morgan fingerprint density at radius 3 is 1.59 bits per heavy atom. The van der Waals surface area contributed by atoms with Crippen LogP contribution in [0.15, 0.2) is 188 Å². The molecule has 0 saturated carbocycles. The fraction of sp³-hybridized carbons (Fsp3) is 0.0417. The van der Waals surface area contributed by atoms with E-state index in [-0.39, 0.29) is 0 Å². The molecule has 0 fully saturated rings. The highest BCUT2D eigenvalue weighted by Crippen LogP contribution is 2.57. The first-order valence-corrected chi connectivity index (χ1v) is 16.9. The van der Waals surface area contributed by atoms with Crippen LogP contribution in [0.3, 0.4) is 0 Å². The molecule has 0 saturated heterocycles. The first-order valence-electron chi connectivity index (χ1n) is 16.9. The minimum Gasteiger partial charge on any atom is -0.398 e. The molecule has 6 aromatic carbocycles. The molecule has 0 radical (unpaired) electrons. The monoisotopic (exact) mass is 653 g/mol. The summed E-state index contributed by atoms with van der Waals surface area (Å²) in [5.74, 6) is 0. The molecule has 1 aliphatic rings. The second-order valence-electron chi connectivity index (χ2n) is 12.7. The van der Waals surface area contributed by atoms with Crippen molar-refractivity contribution in [3.8, 4) is 45.5 Å². The lowest BCUT2D eigenvalue weighted by Crippen LogP contribution is -2.28. The Balaban J connectivity index is 1.38. The number of hydrogen-bond donors (Lipinski definition) is 1. The van der Waals surface area contributed by atoms with Crippen LogP contribution in [0.25, 0.3) is 39.1 Å². The van der Waals surface area contributed by atoms with Crippen LogP contribution in [-0.4, -0.2) is 0 Å². The highest BCUT2D eigenvalue weighted by atomic mass is 14.6. The normalized spacial score (nSPS) is 13.0. The number of nitrogens with two attached hydrogens (primary N) is 1. The molecule has 7 rings (SSSR count). The maximum atomic E-state index is 9.26. The lowest BCUT2D eigenvalue weighted by atomic mass is 9.67. The molecule has 0 bridgehead atoms. The van der Waals surface area contributed by atoms with Gasteiger partial charge in [0, 0.05) is 16.8 Å². The van der Waals surface area contributed by atoms with E-state index in [2.05, 4.69) is 153 Å². The lowest BCUT2D eigenvalue weighted by Gasteiger charge is -2.34. The molecule has 6 aromatic rings. The van der Waals surface area contributed by atoms with Crippen LogP contribution in [0.2, 0.25) is 0 Å². The van der Waals surface area contributed by atoms with Gasteiger partial charge in [0.05, 0.1) is 17.6 Å². The van der Waals surface area contributed by atoms with Gasteiger partial charge in [-0.15, -0.1) is 0 Å². The molecule has 2 N–H and O–H groups in total. The van der Waals surface area contributed by atoms with E-state index < -0.39 is 5.41 Å². The molecule has 0 aliphatic heterocycles. The molecule has 242 valence electrons. The van der Waals surface area contributed by atoms with E-state index in [1.165, 1.54) is 33.4 Å². The van der Waals surface area contributed by atoms with Crippen molar-refractivity contribution >= 4 is 5.70 Å². The molecular weight excluding hydrogens is 619 g/mol. The predicted molar refractivity (Wildman–Crippen MR) is 209 cm³/mol. The van der Waals surface area contributed by atoms with Crippen LogP contribution in [0.5, 0.6) is 0 Å². The molecule has 51 heavy (non-hydrogen) atoms. The van der Waals surface area contributed by atoms with Crippen molar-refractivity contribution in [2.75, 3.05) is 0 Å². The fourth-order valence-corrected chi connectivity index (χ4v) is 7.25. The van der Waals surface area contributed by atoms with Crippen molar-refractivity contribution in [1.29, 1.82) is 10.5 Å². The second-order valence-corrected chi connectivity index (χ2v) is 12.7. The van der Waals surface area contributed by atoms with Gasteiger partial charge >= 0.3 is 0 Å². The van der Waals surface area contributed by atoms with Crippen molar-refractivity contribution < 1.29 is 0 Å². The molecule has 3 heteroatoms. The van der Waals surface area contributed by atoms with Crippen molar-refractivity contribution in [3.63, 3.8) is 0 Å². The third-order valence-corrected chi connectivity index (χ3v) is 9.77. The van der Waals surface area contributed by atoms with Gasteiger partial charge in [-0.1, -0.05) is 159 Å². The number of fused-ring (bicyclic) bond motifs is 3. The van der Waals surface area contributed by atoms with Gasteiger partial charge in [-0.2, -0.15) is 10.5 Å². The van der Waals surface area contributed by atoms with E-state index >= 15 is 0 Å². The highest BCUT2D eigenvalue weighted by Gasteiger charge is 2.46. The molecule has 3 nitrogen and oxygen atoms in total. The van der Waals surface area contributed by atoms with Crippen LogP contribution >= 0.6 is 0 Å². The summed E-state index contributed by atoms with van der Waals surface area (Å²) in [6.07, 6.45) is 5.77. The standard InChI is InChI=1S/C48H35N3/c1-3-34(32-50)14-15-35-16-18-36(19-17-35)39-24-26-45-43(29-39)44-30-40(37-20-22-38(23-21-37)47(51)28-33(2)31-49)25-27-46(44)48(45,41-10-6-4-7-11-41)42-12-8-5-9-13-42/h3-14,16-30H,1-2,15,51H2/b34-14+,47-28-. The third kappa shape index (κ3) is 5.99. The van der Waals surface area contributed by atoms with Crippen LogP contribution in [0, 0.1) is 22.7 Å². The van der Waals surface area contributed by atoms with Gasteiger partial charge in [0.25, 0.3) is 0 Å². The van der Waals surface area contributed by atoms with E-state index in [1.807, 2.05) is 24.3 Å². The summed E-state index contributed by atoms with van der Waals surface area (Å²) in [6, 6.07) is 56.2. The van der Waals surface area contributed by atoms with Crippen molar-refractivity contribution in [2.24, 2.45) is 5.73 Å². The van der Waals surface area contributed by atoms with Crippen LogP contribution < -0.4 is 5.73 Å². The maximum Gasteiger partial charge on any atom is 0.0988 e. The van der Waals surface area contributed by atoms with Crippen molar-refractivity contribution in [3.05, 3.63) is 222 Å². The van der Waals surface area contributed by atoms with E-state index in [0.29, 0.717) is 23.3 Å². The zero-order chi connectivity index (χ0) is 35.4. The molecule has 0 spiro atoms. The Kier molecular flexibility index (Phi) is 8.88. The molecule has 0 aromatic heterocycles. The topological polar surface area (TPSA) is 73.6 Å². The number of benzene rings is 6. The molecule has 0 unspecified atom stereocenters. The predicted octanol–water partition coefficient (Wildman–Crippen LogP) is 10.9. The molecule has 0 atom stereocenters. The summed E-state index contributed by atoms with van der Waals surface area (Å²) in [7, 11) is 0. The van der Waals surface area contributed by atoms with Crippen molar-refractivity contribution in [1.82, 2.24) is 0 Å². The zero-order valence-electron chi connectivity index (χ0n) is 28.2. The van der Waals surface area contributed by atoms with E-state index in [1.54, 1.807) is 12.2 Å². The Hall–Kier alpha value is -6.94. The maximum absolute atomic E-state index is 9.26. The summed E-state index contributed by atoms with van der Waals surface area (Å²) < 4.78 is 0. The van der Waals surface area contributed by atoms with Crippen LogP contribution in [-0.2, 0) is 11.8 Å². The van der Waals surface area contributed by atoms with Gasteiger partial charge in [-0.05, 0) is 91.4 Å². The summed E-state index contributed by atoms with van der Waals surface area (Å²) >= 11 is 0. The van der Waals surface area contributed by atoms with E-state index in [0.717, 1.165) is 33.4 Å². The van der Waals surface area contributed by atoms with Gasteiger partial charge < -0.3 is 5.73 Å². The van der Waals surface area contributed by atoms with Gasteiger partial charge in [-0.3, -0.25) is 0 Å². The van der Waals surface area contributed by atoms with Crippen LogP contribution in [0.4, 0.5) is 0 Å². The molecule has 0 amide bonds. The van der Waals surface area contributed by atoms with Gasteiger partial charge in [0.15, 0.2) is 0 Å². The summed E-state index contributed by atoms with van der Waals surface area (Å²) in [4.78, 5) is 0. The number of allylic oxidation sites excluding steroid dienone is 5. The average Bonchev–Trinajstić information content (AvgIpc) is 3.49. The Bertz CT molecular complexity index is 2380. The zero-order valence-corrected chi connectivity index (χ0v) is 28.2. The van der Waals surface area contributed by atoms with E-state index in [4.69, 9.17) is 11.0 Å². The molecule has 0 heterocycles. The summed E-state index contributed by atoms with van der Waals surface area (Å²) in [5.41, 5.74) is 20.9. The Morgan fingerprint density at radius 1 is 0.627 bits per heavy atom. The SMILES string of the molecule is C=C/C(C#N)=C\Cc1ccc(-c2ccc3c(c2)-c2cc(-c4ccc(/C(N)=C/C(=C)C#N)cc4)ccc2C3(c2ccccc2)c2ccccc2)cc1. The minimum absolute atomic E-state index is 0.319. The van der Waals surface area contributed by atoms with Crippen molar-refractivity contribution in [2.45, 2.75) is 11.8 Å². The lowest BCUT2D eigenvalue weighted by molar-refractivity contribution is 0.768. The Labute approximate surface area is 299 Å². The summed E-state index contributed by atoms with van der Waals surface area (Å²) in [5, 5.41) is 18.4. The van der Waals surface area contributed by atoms with Gasteiger partial charge in [0.2, 0.25) is 0 Å². The van der Waals surface area contributed by atoms with Crippen LogP contribution in [0.1, 0.15) is 33.4 Å². The van der Waals surface area contributed by atoms with Gasteiger partial charge in [0.1, 0.15) is 0 Å². The first-order chi connectivity index (χ1) is 25.0. The third-order valence-electron chi connectivity index (χ3n) is 9.77. The average molecular weight is 654 g/mol.